The van der Waals surface area contributed by atoms with Crippen LogP contribution in [-0.4, -0.2) is 36.2 Å². The van der Waals surface area contributed by atoms with Crippen LogP contribution < -0.4 is 5.32 Å². The SMILES string of the molecule is CN(C)[C@H]1CCCC[C@@H]1NCc1cc(C(C)(C)C)cc(C23CC4CC(CC(C4)C2)C3)c1O. The van der Waals surface area contributed by atoms with Crippen molar-refractivity contribution in [1.82, 2.24) is 10.2 Å². The Kier molecular flexibility index (Phi) is 5.90. The Morgan fingerprint density at radius 1 is 0.969 bits per heavy atom. The summed E-state index contributed by atoms with van der Waals surface area (Å²) in [6, 6.07) is 5.83. The Bertz CT molecular complexity index is 801. The van der Waals surface area contributed by atoms with Crippen molar-refractivity contribution in [3.05, 3.63) is 28.8 Å². The zero-order valence-corrected chi connectivity index (χ0v) is 21.2. The third-order valence-electron chi connectivity index (χ3n) is 9.61. The summed E-state index contributed by atoms with van der Waals surface area (Å²) in [6.07, 6.45) is 13.4. The van der Waals surface area contributed by atoms with Crippen LogP contribution in [0.2, 0.25) is 0 Å². The van der Waals surface area contributed by atoms with Gasteiger partial charge >= 0.3 is 0 Å². The molecule has 0 unspecified atom stereocenters. The fraction of sp³-hybridized carbons (Fsp3) is 0.793. The molecule has 178 valence electrons. The van der Waals surface area contributed by atoms with Gasteiger partial charge in [0.15, 0.2) is 0 Å². The molecule has 5 aliphatic rings. The van der Waals surface area contributed by atoms with Gasteiger partial charge in [0.1, 0.15) is 5.75 Å². The van der Waals surface area contributed by atoms with E-state index in [4.69, 9.17) is 0 Å². The summed E-state index contributed by atoms with van der Waals surface area (Å²) in [5.41, 5.74) is 4.15. The summed E-state index contributed by atoms with van der Waals surface area (Å²) in [7, 11) is 4.43. The van der Waals surface area contributed by atoms with E-state index in [2.05, 4.69) is 57.2 Å². The number of likely N-dealkylation sites (N-methyl/N-ethyl adjacent to an activating group) is 1. The van der Waals surface area contributed by atoms with Crippen LogP contribution >= 0.6 is 0 Å². The second kappa shape index (κ2) is 8.31. The van der Waals surface area contributed by atoms with Crippen LogP contribution in [0.25, 0.3) is 0 Å². The van der Waals surface area contributed by atoms with E-state index in [1.807, 2.05) is 0 Å². The summed E-state index contributed by atoms with van der Waals surface area (Å²) < 4.78 is 0. The van der Waals surface area contributed by atoms with Crippen molar-refractivity contribution in [2.75, 3.05) is 14.1 Å². The molecule has 3 heteroatoms. The fourth-order valence-corrected chi connectivity index (χ4v) is 8.32. The van der Waals surface area contributed by atoms with Gasteiger partial charge in [0.2, 0.25) is 0 Å². The first-order chi connectivity index (χ1) is 15.1. The molecular weight excluding hydrogens is 392 g/mol. The van der Waals surface area contributed by atoms with E-state index in [0.717, 1.165) is 29.9 Å². The van der Waals surface area contributed by atoms with Crippen LogP contribution in [0.5, 0.6) is 5.75 Å². The van der Waals surface area contributed by atoms with Crippen molar-refractivity contribution in [2.24, 2.45) is 17.8 Å². The molecule has 0 heterocycles. The molecule has 3 nitrogen and oxygen atoms in total. The zero-order valence-electron chi connectivity index (χ0n) is 21.2. The van der Waals surface area contributed by atoms with Crippen LogP contribution in [0.3, 0.4) is 0 Å². The van der Waals surface area contributed by atoms with Crippen molar-refractivity contribution < 1.29 is 5.11 Å². The van der Waals surface area contributed by atoms with E-state index in [-0.39, 0.29) is 10.8 Å². The summed E-state index contributed by atoms with van der Waals surface area (Å²) >= 11 is 0. The molecule has 1 aromatic rings. The molecule has 32 heavy (non-hydrogen) atoms. The third-order valence-corrected chi connectivity index (χ3v) is 9.61. The highest BCUT2D eigenvalue weighted by atomic mass is 16.3. The van der Waals surface area contributed by atoms with Gasteiger partial charge in [-0.3, -0.25) is 0 Å². The van der Waals surface area contributed by atoms with Crippen LogP contribution in [0.1, 0.15) is 102 Å². The van der Waals surface area contributed by atoms with E-state index in [0.29, 0.717) is 17.8 Å². The van der Waals surface area contributed by atoms with E-state index in [9.17, 15) is 5.11 Å². The molecule has 0 spiro atoms. The predicted molar refractivity (Wildman–Crippen MR) is 133 cm³/mol. The van der Waals surface area contributed by atoms with Gasteiger partial charge in [-0.2, -0.15) is 0 Å². The molecule has 0 saturated heterocycles. The number of hydrogen-bond acceptors (Lipinski definition) is 3. The molecule has 0 amide bonds. The standard InChI is InChI=1S/C29H46N2O/c1-28(2,3)23-13-22(18-30-25-8-6-7-9-26(25)31(4)5)27(32)24(14-23)29-15-19-10-20(16-29)12-21(11-19)17-29/h13-14,19-21,25-26,30,32H,6-12,15-18H2,1-5H3/t19?,20?,21?,25-,26-,29?/m0/s1. The Morgan fingerprint density at radius 2 is 1.56 bits per heavy atom. The maximum Gasteiger partial charge on any atom is 0.123 e. The average Bonchev–Trinajstić information content (AvgIpc) is 2.71. The average molecular weight is 439 g/mol. The number of hydrogen-bond donors (Lipinski definition) is 2. The molecule has 2 atom stereocenters. The largest absolute Gasteiger partial charge is 0.507 e. The Hall–Kier alpha value is -1.06. The van der Waals surface area contributed by atoms with Crippen LogP contribution in [0, 0.1) is 17.8 Å². The number of rotatable bonds is 5. The van der Waals surface area contributed by atoms with Crippen LogP contribution in [0.4, 0.5) is 0 Å². The van der Waals surface area contributed by atoms with E-state index >= 15 is 0 Å². The molecule has 2 N–H and O–H groups in total. The highest BCUT2D eigenvalue weighted by Crippen LogP contribution is 2.62. The summed E-state index contributed by atoms with van der Waals surface area (Å²) in [6.45, 7) is 7.75. The number of phenols is 1. The first-order valence-electron chi connectivity index (χ1n) is 13.4. The van der Waals surface area contributed by atoms with Crippen molar-refractivity contribution in [2.45, 2.75) is 114 Å². The number of aromatic hydroxyl groups is 1. The van der Waals surface area contributed by atoms with Crippen molar-refractivity contribution >= 4 is 0 Å². The van der Waals surface area contributed by atoms with Crippen molar-refractivity contribution in [1.29, 1.82) is 0 Å². The van der Waals surface area contributed by atoms with Gasteiger partial charge in [-0.05, 0) is 99.6 Å². The minimum Gasteiger partial charge on any atom is -0.507 e. The fourth-order valence-electron chi connectivity index (χ4n) is 8.32. The van der Waals surface area contributed by atoms with Gasteiger partial charge < -0.3 is 15.3 Å². The topological polar surface area (TPSA) is 35.5 Å². The molecule has 0 radical (unpaired) electrons. The maximum absolute atomic E-state index is 11.7. The minimum atomic E-state index is 0.0938. The molecule has 6 rings (SSSR count). The lowest BCUT2D eigenvalue weighted by Gasteiger charge is -2.57. The Labute approximate surface area is 196 Å². The first kappa shape index (κ1) is 22.7. The zero-order chi connectivity index (χ0) is 22.7. The molecule has 4 bridgehead atoms. The lowest BCUT2D eigenvalue weighted by molar-refractivity contribution is -0.00625. The monoisotopic (exact) mass is 438 g/mol. The van der Waals surface area contributed by atoms with E-state index in [1.54, 1.807) is 0 Å². The normalized spacial score (nSPS) is 36.8. The minimum absolute atomic E-state index is 0.0938. The van der Waals surface area contributed by atoms with Crippen molar-refractivity contribution in [3.63, 3.8) is 0 Å². The quantitative estimate of drug-likeness (QED) is 0.581. The van der Waals surface area contributed by atoms with Gasteiger partial charge in [-0.1, -0.05) is 45.7 Å². The number of benzene rings is 1. The highest BCUT2D eigenvalue weighted by Gasteiger charge is 2.52. The van der Waals surface area contributed by atoms with Crippen molar-refractivity contribution in [3.8, 4) is 5.75 Å². The summed E-state index contributed by atoms with van der Waals surface area (Å²) in [5.74, 6) is 3.29. The van der Waals surface area contributed by atoms with E-state index < -0.39 is 0 Å². The summed E-state index contributed by atoms with van der Waals surface area (Å²) in [4.78, 5) is 2.39. The summed E-state index contributed by atoms with van der Waals surface area (Å²) in [5, 5.41) is 15.6. The Morgan fingerprint density at radius 3 is 2.12 bits per heavy atom. The number of nitrogens with one attached hydrogen (secondary N) is 1. The maximum atomic E-state index is 11.7. The predicted octanol–water partition coefficient (Wildman–Crippen LogP) is 6.12. The van der Waals surface area contributed by atoms with Gasteiger partial charge in [0.05, 0.1) is 0 Å². The lowest BCUT2D eigenvalue weighted by atomic mass is 9.47. The molecule has 0 aromatic heterocycles. The highest BCUT2D eigenvalue weighted by molar-refractivity contribution is 5.50. The van der Waals surface area contributed by atoms with Crippen LogP contribution in [-0.2, 0) is 17.4 Å². The molecule has 1 aromatic carbocycles. The third kappa shape index (κ3) is 4.13. The molecule has 5 fully saturated rings. The van der Waals surface area contributed by atoms with Crippen LogP contribution in [0.15, 0.2) is 12.1 Å². The second-order valence-electron chi connectivity index (χ2n) is 13.3. The number of nitrogens with zero attached hydrogens (tertiary/aromatic N) is 1. The Balaban J connectivity index is 1.47. The van der Waals surface area contributed by atoms with Gasteiger partial charge in [-0.15, -0.1) is 0 Å². The van der Waals surface area contributed by atoms with Gasteiger partial charge in [-0.25, -0.2) is 0 Å². The molecule has 0 aliphatic heterocycles. The first-order valence-corrected chi connectivity index (χ1v) is 13.4. The van der Waals surface area contributed by atoms with Gasteiger partial charge in [0, 0.05) is 29.8 Å². The number of phenolic OH excluding ortho intramolecular Hbond substituents is 1. The van der Waals surface area contributed by atoms with E-state index in [1.165, 1.54) is 75.3 Å². The lowest BCUT2D eigenvalue weighted by Crippen LogP contribution is -2.49. The van der Waals surface area contributed by atoms with Gasteiger partial charge in [0.25, 0.3) is 0 Å². The smallest absolute Gasteiger partial charge is 0.123 e. The molecule has 5 saturated carbocycles. The molecular formula is C29H46N2O. The molecule has 5 aliphatic carbocycles. The second-order valence-corrected chi connectivity index (χ2v) is 13.3.